The van der Waals surface area contributed by atoms with E-state index in [4.69, 9.17) is 15.6 Å². The molecule has 1 atom stereocenters. The van der Waals surface area contributed by atoms with Crippen LogP contribution in [0.25, 0.3) is 0 Å². The van der Waals surface area contributed by atoms with Gasteiger partial charge in [0.25, 0.3) is 5.91 Å². The Balaban J connectivity index is 2.86. The third-order valence-electron chi connectivity index (χ3n) is 2.22. The van der Waals surface area contributed by atoms with Gasteiger partial charge in [-0.1, -0.05) is 0 Å². The first kappa shape index (κ1) is 12.8. The zero-order valence-electron chi connectivity index (χ0n) is 9.56. The number of aliphatic carboxylic acids is 1. The summed E-state index contributed by atoms with van der Waals surface area (Å²) in [5, 5.41) is 11.0. The molecule has 1 amide bonds. The summed E-state index contributed by atoms with van der Waals surface area (Å²) in [6.45, 7) is 1.37. The van der Waals surface area contributed by atoms with Crippen molar-refractivity contribution in [1.82, 2.24) is 5.32 Å². The molecule has 0 fully saturated rings. The maximum Gasteiger partial charge on any atom is 0.325 e. The number of nitrogens with two attached hydrogens (primary N) is 1. The standard InChI is InChI=1S/C11H14N2O4/c1-6(11(15)16)13-10(14)8-4-3-7(17-2)5-9(8)12/h3-6H,12H2,1-2H3,(H,13,14)(H,15,16)/t6-/m1/s1. The van der Waals surface area contributed by atoms with E-state index in [1.54, 1.807) is 6.07 Å². The Morgan fingerprint density at radius 1 is 1.47 bits per heavy atom. The Hall–Kier alpha value is -2.24. The molecule has 0 heterocycles. The van der Waals surface area contributed by atoms with Crippen molar-refractivity contribution in [2.75, 3.05) is 12.8 Å². The van der Waals surface area contributed by atoms with E-state index >= 15 is 0 Å². The number of benzene rings is 1. The number of amides is 1. The highest BCUT2D eigenvalue weighted by molar-refractivity contribution is 6.00. The number of carbonyl (C=O) groups is 2. The topological polar surface area (TPSA) is 102 Å². The number of rotatable bonds is 4. The molecule has 0 saturated heterocycles. The number of nitrogen functional groups attached to an aromatic ring is 1. The number of ether oxygens (including phenoxy) is 1. The Morgan fingerprint density at radius 3 is 2.59 bits per heavy atom. The average Bonchev–Trinajstić information content (AvgIpc) is 2.28. The number of methoxy groups -OCH3 is 1. The molecular weight excluding hydrogens is 224 g/mol. The average molecular weight is 238 g/mol. The van der Waals surface area contributed by atoms with Crippen molar-refractivity contribution in [2.45, 2.75) is 13.0 Å². The molecule has 0 unspecified atom stereocenters. The fourth-order valence-corrected chi connectivity index (χ4v) is 1.21. The van der Waals surface area contributed by atoms with E-state index in [1.807, 2.05) is 0 Å². The summed E-state index contributed by atoms with van der Waals surface area (Å²) in [5.74, 6) is -1.10. The van der Waals surface area contributed by atoms with Crippen LogP contribution in [0.4, 0.5) is 5.69 Å². The van der Waals surface area contributed by atoms with Crippen molar-refractivity contribution >= 4 is 17.6 Å². The second kappa shape index (κ2) is 5.20. The van der Waals surface area contributed by atoms with Gasteiger partial charge in [-0.3, -0.25) is 9.59 Å². The van der Waals surface area contributed by atoms with Crippen molar-refractivity contribution in [2.24, 2.45) is 0 Å². The normalized spacial score (nSPS) is 11.6. The lowest BCUT2D eigenvalue weighted by atomic mass is 10.1. The number of carboxylic acids is 1. The number of anilines is 1. The van der Waals surface area contributed by atoms with Crippen LogP contribution < -0.4 is 15.8 Å². The van der Waals surface area contributed by atoms with Crippen molar-refractivity contribution in [3.8, 4) is 5.75 Å². The molecule has 0 aliphatic rings. The molecule has 0 bridgehead atoms. The summed E-state index contributed by atoms with van der Waals surface area (Å²) >= 11 is 0. The van der Waals surface area contributed by atoms with E-state index in [0.717, 1.165) is 0 Å². The van der Waals surface area contributed by atoms with Gasteiger partial charge >= 0.3 is 5.97 Å². The van der Waals surface area contributed by atoms with Crippen LogP contribution in [-0.4, -0.2) is 30.1 Å². The van der Waals surface area contributed by atoms with Crippen molar-refractivity contribution in [1.29, 1.82) is 0 Å². The minimum absolute atomic E-state index is 0.221. The van der Waals surface area contributed by atoms with Gasteiger partial charge in [0.05, 0.1) is 12.7 Å². The Kier molecular flexibility index (Phi) is 3.92. The zero-order valence-corrected chi connectivity index (χ0v) is 9.56. The summed E-state index contributed by atoms with van der Waals surface area (Å²) < 4.78 is 4.94. The van der Waals surface area contributed by atoms with Crippen LogP contribution >= 0.6 is 0 Å². The summed E-state index contributed by atoms with van der Waals surface area (Å²) in [7, 11) is 1.49. The fraction of sp³-hybridized carbons (Fsp3) is 0.273. The Labute approximate surface area is 98.4 Å². The zero-order chi connectivity index (χ0) is 13.0. The molecule has 0 spiro atoms. The number of hydrogen-bond acceptors (Lipinski definition) is 4. The van der Waals surface area contributed by atoms with E-state index in [-0.39, 0.29) is 11.3 Å². The summed E-state index contributed by atoms with van der Waals surface area (Å²) in [4.78, 5) is 22.3. The van der Waals surface area contributed by atoms with Gasteiger partial charge in [0.2, 0.25) is 0 Å². The van der Waals surface area contributed by atoms with Crippen LogP contribution in [0.3, 0.4) is 0 Å². The molecule has 1 rings (SSSR count). The molecule has 0 aliphatic carbocycles. The Morgan fingerprint density at radius 2 is 2.12 bits per heavy atom. The molecule has 4 N–H and O–H groups in total. The predicted molar refractivity (Wildman–Crippen MR) is 62.0 cm³/mol. The van der Waals surface area contributed by atoms with E-state index in [0.29, 0.717) is 5.75 Å². The summed E-state index contributed by atoms with van der Waals surface area (Å²) in [5.41, 5.74) is 6.12. The van der Waals surface area contributed by atoms with E-state index in [2.05, 4.69) is 5.32 Å². The second-order valence-corrected chi connectivity index (χ2v) is 3.49. The Bertz CT molecular complexity index is 445. The molecule has 17 heavy (non-hydrogen) atoms. The minimum Gasteiger partial charge on any atom is -0.497 e. The highest BCUT2D eigenvalue weighted by Crippen LogP contribution is 2.19. The first-order valence-electron chi connectivity index (χ1n) is 4.93. The fourth-order valence-electron chi connectivity index (χ4n) is 1.21. The van der Waals surface area contributed by atoms with Gasteiger partial charge in [-0.25, -0.2) is 0 Å². The molecule has 6 heteroatoms. The number of nitrogens with one attached hydrogen (secondary N) is 1. The van der Waals surface area contributed by atoms with E-state index < -0.39 is 17.9 Å². The monoisotopic (exact) mass is 238 g/mol. The minimum atomic E-state index is -1.11. The molecule has 1 aromatic rings. The van der Waals surface area contributed by atoms with Crippen LogP contribution in [0.15, 0.2) is 18.2 Å². The largest absolute Gasteiger partial charge is 0.497 e. The van der Waals surface area contributed by atoms with Gasteiger partial charge in [-0.15, -0.1) is 0 Å². The molecule has 6 nitrogen and oxygen atoms in total. The first-order chi connectivity index (χ1) is 7.95. The summed E-state index contributed by atoms with van der Waals surface area (Å²) in [6.07, 6.45) is 0. The SMILES string of the molecule is COc1ccc(C(=O)N[C@H](C)C(=O)O)c(N)c1. The number of hydrogen-bond donors (Lipinski definition) is 3. The molecule has 0 saturated carbocycles. The molecule has 0 aromatic heterocycles. The summed E-state index contributed by atoms with van der Waals surface area (Å²) in [6, 6.07) is 3.60. The lowest BCUT2D eigenvalue weighted by Crippen LogP contribution is -2.38. The lowest BCUT2D eigenvalue weighted by molar-refractivity contribution is -0.138. The maximum absolute atomic E-state index is 11.7. The molecular formula is C11H14N2O4. The van der Waals surface area contributed by atoms with Gasteiger partial charge in [0.15, 0.2) is 0 Å². The van der Waals surface area contributed by atoms with Gasteiger partial charge in [0, 0.05) is 11.8 Å². The van der Waals surface area contributed by atoms with Gasteiger partial charge in [0.1, 0.15) is 11.8 Å². The van der Waals surface area contributed by atoms with Gasteiger partial charge in [-0.2, -0.15) is 0 Å². The molecule has 1 aromatic carbocycles. The molecule has 0 aliphatic heterocycles. The highest BCUT2D eigenvalue weighted by Gasteiger charge is 2.17. The van der Waals surface area contributed by atoms with Crippen molar-refractivity contribution in [3.05, 3.63) is 23.8 Å². The number of carbonyl (C=O) groups excluding carboxylic acids is 1. The van der Waals surface area contributed by atoms with Crippen LogP contribution in [-0.2, 0) is 4.79 Å². The second-order valence-electron chi connectivity index (χ2n) is 3.49. The molecule has 92 valence electrons. The maximum atomic E-state index is 11.7. The smallest absolute Gasteiger partial charge is 0.325 e. The third kappa shape index (κ3) is 3.10. The van der Waals surface area contributed by atoms with Gasteiger partial charge < -0.3 is 20.9 Å². The third-order valence-corrected chi connectivity index (χ3v) is 2.22. The van der Waals surface area contributed by atoms with Crippen LogP contribution in [0.1, 0.15) is 17.3 Å². The van der Waals surface area contributed by atoms with Crippen LogP contribution in [0.2, 0.25) is 0 Å². The van der Waals surface area contributed by atoms with Crippen LogP contribution in [0, 0.1) is 0 Å². The highest BCUT2D eigenvalue weighted by atomic mass is 16.5. The number of carboxylic acid groups (broad SMARTS) is 1. The van der Waals surface area contributed by atoms with Crippen molar-refractivity contribution < 1.29 is 19.4 Å². The van der Waals surface area contributed by atoms with E-state index in [9.17, 15) is 9.59 Å². The van der Waals surface area contributed by atoms with Crippen molar-refractivity contribution in [3.63, 3.8) is 0 Å². The quantitative estimate of drug-likeness (QED) is 0.662. The first-order valence-corrected chi connectivity index (χ1v) is 4.93. The van der Waals surface area contributed by atoms with E-state index in [1.165, 1.54) is 26.2 Å². The van der Waals surface area contributed by atoms with Gasteiger partial charge in [-0.05, 0) is 19.1 Å². The predicted octanol–water partition coefficient (Wildman–Crippen LogP) is 0.480. The molecule has 0 radical (unpaired) electrons. The lowest BCUT2D eigenvalue weighted by Gasteiger charge is -2.11. The van der Waals surface area contributed by atoms with Crippen LogP contribution in [0.5, 0.6) is 5.75 Å².